The summed E-state index contributed by atoms with van der Waals surface area (Å²) in [5.41, 5.74) is 2.44. The largest absolute Gasteiger partial charge is 0.419 e. The second-order valence-corrected chi connectivity index (χ2v) is 6.69. The lowest BCUT2D eigenvalue weighted by Gasteiger charge is -2.10. The number of rotatable bonds is 5. The van der Waals surface area contributed by atoms with Gasteiger partial charge in [0.15, 0.2) is 0 Å². The number of hydrogen-bond acceptors (Lipinski definition) is 4. The van der Waals surface area contributed by atoms with Crippen molar-refractivity contribution in [1.82, 2.24) is 14.8 Å². The lowest BCUT2D eigenvalue weighted by Crippen LogP contribution is -2.19. The summed E-state index contributed by atoms with van der Waals surface area (Å²) in [6.45, 7) is 4.15. The van der Waals surface area contributed by atoms with Gasteiger partial charge in [0.1, 0.15) is 12.2 Å². The first-order valence-corrected chi connectivity index (χ1v) is 8.89. The van der Waals surface area contributed by atoms with Gasteiger partial charge in [0.2, 0.25) is 11.8 Å². The van der Waals surface area contributed by atoms with Gasteiger partial charge in [-0.25, -0.2) is 0 Å². The molecule has 0 atom stereocenters. The number of benzene rings is 2. The highest BCUT2D eigenvalue weighted by Crippen LogP contribution is 2.28. The molecule has 27 heavy (non-hydrogen) atoms. The molecule has 0 saturated heterocycles. The number of anilines is 1. The van der Waals surface area contributed by atoms with E-state index in [1.807, 2.05) is 79.1 Å². The number of aromatic nitrogens is 3. The SMILES string of the molecule is CC(C)c1nnc(-c2cc3ccccc3n2CC(=O)Nc2ccccc2)o1. The quantitative estimate of drug-likeness (QED) is 0.570. The zero-order valence-corrected chi connectivity index (χ0v) is 15.2. The highest BCUT2D eigenvalue weighted by Gasteiger charge is 2.19. The molecule has 1 amide bonds. The molecule has 0 radical (unpaired) electrons. The molecule has 136 valence electrons. The standard InChI is InChI=1S/C21H20N4O2/c1-14(2)20-23-24-21(27-20)18-12-15-8-6-7-11-17(15)25(18)13-19(26)22-16-9-4-3-5-10-16/h3-12,14H,13H2,1-2H3,(H,22,26). The summed E-state index contributed by atoms with van der Waals surface area (Å²) in [5, 5.41) is 12.2. The third-order valence-electron chi connectivity index (χ3n) is 4.32. The smallest absolute Gasteiger partial charge is 0.264 e. The van der Waals surface area contributed by atoms with Crippen LogP contribution >= 0.6 is 0 Å². The van der Waals surface area contributed by atoms with E-state index < -0.39 is 0 Å². The molecule has 0 fully saturated rings. The average molecular weight is 360 g/mol. The Morgan fingerprint density at radius 1 is 1.07 bits per heavy atom. The van der Waals surface area contributed by atoms with Crippen molar-refractivity contribution in [1.29, 1.82) is 0 Å². The minimum atomic E-state index is -0.118. The van der Waals surface area contributed by atoms with Gasteiger partial charge in [-0.1, -0.05) is 50.2 Å². The zero-order chi connectivity index (χ0) is 18.8. The summed E-state index contributed by atoms with van der Waals surface area (Å²) in [5.74, 6) is 1.02. The normalized spacial score (nSPS) is 11.2. The summed E-state index contributed by atoms with van der Waals surface area (Å²) >= 11 is 0. The molecule has 4 aromatic rings. The van der Waals surface area contributed by atoms with Crippen LogP contribution in [-0.4, -0.2) is 20.7 Å². The van der Waals surface area contributed by atoms with Gasteiger partial charge in [0, 0.05) is 22.5 Å². The van der Waals surface area contributed by atoms with Crippen LogP contribution in [0, 0.1) is 0 Å². The van der Waals surface area contributed by atoms with Crippen LogP contribution < -0.4 is 5.32 Å². The third-order valence-corrected chi connectivity index (χ3v) is 4.32. The van der Waals surface area contributed by atoms with Crippen molar-refractivity contribution >= 4 is 22.5 Å². The van der Waals surface area contributed by atoms with E-state index in [2.05, 4.69) is 15.5 Å². The predicted molar refractivity (Wildman–Crippen MR) is 104 cm³/mol. The molecule has 0 aliphatic heterocycles. The van der Waals surface area contributed by atoms with Gasteiger partial charge in [-0.3, -0.25) is 4.79 Å². The number of hydrogen-bond donors (Lipinski definition) is 1. The first kappa shape index (κ1) is 17.0. The van der Waals surface area contributed by atoms with Crippen LogP contribution in [0.25, 0.3) is 22.5 Å². The number of carbonyl (C=O) groups excluding carboxylic acids is 1. The fraction of sp³-hybridized carbons (Fsp3) is 0.190. The molecule has 0 spiro atoms. The molecule has 6 nitrogen and oxygen atoms in total. The molecule has 2 heterocycles. The molecule has 0 saturated carbocycles. The number of nitrogens with one attached hydrogen (secondary N) is 1. The third kappa shape index (κ3) is 3.46. The van der Waals surface area contributed by atoms with E-state index in [4.69, 9.17) is 4.42 Å². The van der Waals surface area contributed by atoms with Crippen molar-refractivity contribution in [3.63, 3.8) is 0 Å². The van der Waals surface area contributed by atoms with Crippen molar-refractivity contribution in [3.8, 4) is 11.6 Å². The van der Waals surface area contributed by atoms with Gasteiger partial charge in [0.05, 0.1) is 0 Å². The lowest BCUT2D eigenvalue weighted by molar-refractivity contribution is -0.116. The van der Waals surface area contributed by atoms with Crippen LogP contribution in [0.2, 0.25) is 0 Å². The Balaban J connectivity index is 1.70. The Morgan fingerprint density at radius 2 is 1.81 bits per heavy atom. The Labute approximate surface area is 156 Å². The summed E-state index contributed by atoms with van der Waals surface area (Å²) in [6, 6.07) is 19.3. The maximum atomic E-state index is 12.6. The Hall–Kier alpha value is -3.41. The minimum Gasteiger partial charge on any atom is -0.419 e. The summed E-state index contributed by atoms with van der Waals surface area (Å²) < 4.78 is 7.73. The zero-order valence-electron chi connectivity index (χ0n) is 15.2. The fourth-order valence-corrected chi connectivity index (χ4v) is 2.99. The van der Waals surface area contributed by atoms with E-state index in [9.17, 15) is 4.79 Å². The van der Waals surface area contributed by atoms with Gasteiger partial charge in [-0.05, 0) is 24.3 Å². The van der Waals surface area contributed by atoms with E-state index in [1.54, 1.807) is 0 Å². The number of amides is 1. The van der Waals surface area contributed by atoms with Crippen LogP contribution in [-0.2, 0) is 11.3 Å². The van der Waals surface area contributed by atoms with Crippen LogP contribution in [0.15, 0.2) is 65.1 Å². The van der Waals surface area contributed by atoms with E-state index >= 15 is 0 Å². The molecular weight excluding hydrogens is 340 g/mol. The van der Waals surface area contributed by atoms with Crippen LogP contribution in [0.1, 0.15) is 25.7 Å². The van der Waals surface area contributed by atoms with Crippen molar-refractivity contribution < 1.29 is 9.21 Å². The van der Waals surface area contributed by atoms with Crippen LogP contribution in [0.3, 0.4) is 0 Å². The first-order valence-electron chi connectivity index (χ1n) is 8.89. The van der Waals surface area contributed by atoms with Gasteiger partial charge in [0.25, 0.3) is 5.89 Å². The van der Waals surface area contributed by atoms with E-state index in [1.165, 1.54) is 0 Å². The van der Waals surface area contributed by atoms with Gasteiger partial charge in [-0.15, -0.1) is 10.2 Å². The van der Waals surface area contributed by atoms with Crippen molar-refractivity contribution in [2.75, 3.05) is 5.32 Å². The fourth-order valence-electron chi connectivity index (χ4n) is 2.99. The van der Waals surface area contributed by atoms with Crippen molar-refractivity contribution in [2.24, 2.45) is 0 Å². The van der Waals surface area contributed by atoms with E-state index in [-0.39, 0.29) is 18.4 Å². The molecule has 6 heteroatoms. The predicted octanol–water partition coefficient (Wildman–Crippen LogP) is 4.45. The van der Waals surface area contributed by atoms with Crippen LogP contribution in [0.5, 0.6) is 0 Å². The number of carbonyl (C=O) groups is 1. The number of fused-ring (bicyclic) bond motifs is 1. The van der Waals surface area contributed by atoms with Gasteiger partial charge in [-0.2, -0.15) is 0 Å². The second kappa shape index (κ2) is 7.07. The summed E-state index contributed by atoms with van der Waals surface area (Å²) in [7, 11) is 0. The maximum Gasteiger partial charge on any atom is 0.264 e. The molecule has 4 rings (SSSR count). The van der Waals surface area contributed by atoms with Gasteiger partial charge >= 0.3 is 0 Å². The molecule has 0 aliphatic carbocycles. The highest BCUT2D eigenvalue weighted by molar-refractivity contribution is 5.93. The lowest BCUT2D eigenvalue weighted by atomic mass is 10.2. The summed E-state index contributed by atoms with van der Waals surface area (Å²) in [6.07, 6.45) is 0. The molecule has 2 aromatic heterocycles. The Kier molecular flexibility index (Phi) is 4.46. The summed E-state index contributed by atoms with van der Waals surface area (Å²) in [4.78, 5) is 12.6. The minimum absolute atomic E-state index is 0.118. The highest BCUT2D eigenvalue weighted by atomic mass is 16.4. The van der Waals surface area contributed by atoms with Gasteiger partial charge < -0.3 is 14.3 Å². The molecule has 0 aliphatic rings. The molecule has 1 N–H and O–H groups in total. The molecule has 0 unspecified atom stereocenters. The average Bonchev–Trinajstić information content (AvgIpc) is 3.28. The molecule has 0 bridgehead atoms. The van der Waals surface area contributed by atoms with E-state index in [0.29, 0.717) is 11.8 Å². The van der Waals surface area contributed by atoms with E-state index in [0.717, 1.165) is 22.3 Å². The van der Waals surface area contributed by atoms with Crippen molar-refractivity contribution in [2.45, 2.75) is 26.3 Å². The topological polar surface area (TPSA) is 73.0 Å². The van der Waals surface area contributed by atoms with Crippen LogP contribution in [0.4, 0.5) is 5.69 Å². The monoisotopic (exact) mass is 360 g/mol. The maximum absolute atomic E-state index is 12.6. The van der Waals surface area contributed by atoms with Crippen molar-refractivity contribution in [3.05, 3.63) is 66.6 Å². The number of para-hydroxylation sites is 2. The first-order chi connectivity index (χ1) is 13.1. The Morgan fingerprint density at radius 3 is 2.56 bits per heavy atom. The second-order valence-electron chi connectivity index (χ2n) is 6.69. The molecular formula is C21H20N4O2. The molecule has 2 aromatic carbocycles. The Bertz CT molecular complexity index is 1080. The number of nitrogens with zero attached hydrogens (tertiary/aromatic N) is 3.